The van der Waals surface area contributed by atoms with E-state index in [0.717, 1.165) is 18.8 Å². The first kappa shape index (κ1) is 16.0. The van der Waals surface area contributed by atoms with E-state index in [0.29, 0.717) is 5.92 Å². The molecular formula is C16H28N2O. The summed E-state index contributed by atoms with van der Waals surface area (Å²) in [6, 6.07) is 4.10. The Morgan fingerprint density at radius 2 is 2.05 bits per heavy atom. The van der Waals surface area contributed by atoms with E-state index >= 15 is 0 Å². The van der Waals surface area contributed by atoms with E-state index in [4.69, 9.17) is 4.74 Å². The van der Waals surface area contributed by atoms with E-state index in [2.05, 4.69) is 50.7 Å². The molecule has 0 bridgehead atoms. The second kappa shape index (κ2) is 6.90. The molecule has 0 saturated heterocycles. The minimum atomic E-state index is 0.245. The van der Waals surface area contributed by atoms with Crippen molar-refractivity contribution >= 4 is 0 Å². The van der Waals surface area contributed by atoms with Crippen LogP contribution in [0, 0.1) is 0 Å². The highest BCUT2D eigenvalue weighted by Gasteiger charge is 2.17. The van der Waals surface area contributed by atoms with Crippen LogP contribution in [0.1, 0.15) is 52.0 Å². The van der Waals surface area contributed by atoms with Crippen molar-refractivity contribution in [1.29, 1.82) is 0 Å². The van der Waals surface area contributed by atoms with Crippen LogP contribution in [-0.2, 0) is 0 Å². The van der Waals surface area contributed by atoms with Gasteiger partial charge in [-0.2, -0.15) is 0 Å². The van der Waals surface area contributed by atoms with Gasteiger partial charge in [-0.3, -0.25) is 0 Å². The molecule has 1 atom stereocenters. The SMILES string of the molecule is COc1ncccc1[C@@H](C)CCCN(C)C(C)(C)C. The average molecular weight is 264 g/mol. The van der Waals surface area contributed by atoms with Crippen molar-refractivity contribution in [3.05, 3.63) is 23.9 Å². The second-order valence-corrected chi connectivity index (χ2v) is 6.24. The molecule has 0 fully saturated rings. The zero-order valence-electron chi connectivity index (χ0n) is 13.2. The van der Waals surface area contributed by atoms with E-state index < -0.39 is 0 Å². The van der Waals surface area contributed by atoms with Gasteiger partial charge in [0.1, 0.15) is 0 Å². The number of pyridine rings is 1. The number of hydrogen-bond acceptors (Lipinski definition) is 3. The van der Waals surface area contributed by atoms with Crippen molar-refractivity contribution < 1.29 is 4.74 Å². The molecule has 19 heavy (non-hydrogen) atoms. The summed E-state index contributed by atoms with van der Waals surface area (Å²) < 4.78 is 5.33. The maximum absolute atomic E-state index is 5.33. The highest BCUT2D eigenvalue weighted by Crippen LogP contribution is 2.27. The summed E-state index contributed by atoms with van der Waals surface area (Å²) >= 11 is 0. The molecule has 1 rings (SSSR count). The Morgan fingerprint density at radius 3 is 2.63 bits per heavy atom. The zero-order chi connectivity index (χ0) is 14.5. The third kappa shape index (κ3) is 4.83. The highest BCUT2D eigenvalue weighted by atomic mass is 16.5. The van der Waals surface area contributed by atoms with E-state index in [1.165, 1.54) is 12.0 Å². The van der Waals surface area contributed by atoms with Gasteiger partial charge < -0.3 is 9.64 Å². The highest BCUT2D eigenvalue weighted by molar-refractivity contribution is 5.28. The Morgan fingerprint density at radius 1 is 1.37 bits per heavy atom. The standard InChI is InChI=1S/C16H28N2O/c1-13(9-8-12-18(5)16(2,3)4)14-10-7-11-17-15(14)19-6/h7,10-11,13H,8-9,12H2,1-6H3/t13-/m0/s1. The summed E-state index contributed by atoms with van der Waals surface area (Å²) in [6.45, 7) is 10.1. The first-order valence-electron chi connectivity index (χ1n) is 7.06. The van der Waals surface area contributed by atoms with E-state index in [1.54, 1.807) is 13.3 Å². The fourth-order valence-electron chi connectivity index (χ4n) is 2.07. The van der Waals surface area contributed by atoms with Gasteiger partial charge in [-0.25, -0.2) is 4.98 Å². The van der Waals surface area contributed by atoms with Crippen LogP contribution in [0.3, 0.4) is 0 Å². The molecule has 0 spiro atoms. The first-order chi connectivity index (χ1) is 8.86. The Hall–Kier alpha value is -1.09. The van der Waals surface area contributed by atoms with Crippen molar-refractivity contribution in [3.63, 3.8) is 0 Å². The van der Waals surface area contributed by atoms with Crippen LogP contribution < -0.4 is 4.74 Å². The van der Waals surface area contributed by atoms with Gasteiger partial charge in [0, 0.05) is 17.3 Å². The molecule has 0 aliphatic carbocycles. The number of nitrogens with zero attached hydrogens (tertiary/aromatic N) is 2. The Balaban J connectivity index is 2.50. The molecule has 0 aliphatic heterocycles. The minimum Gasteiger partial charge on any atom is -0.481 e. The van der Waals surface area contributed by atoms with Crippen LogP contribution in [0.25, 0.3) is 0 Å². The molecule has 1 aromatic heterocycles. The predicted octanol–water partition coefficient (Wildman–Crippen LogP) is 3.70. The maximum atomic E-state index is 5.33. The molecule has 3 heteroatoms. The maximum Gasteiger partial charge on any atom is 0.216 e. The van der Waals surface area contributed by atoms with Crippen LogP contribution in [0.2, 0.25) is 0 Å². The number of aromatic nitrogens is 1. The normalized spacial score (nSPS) is 13.6. The third-order valence-electron chi connectivity index (χ3n) is 3.80. The van der Waals surface area contributed by atoms with E-state index in [-0.39, 0.29) is 5.54 Å². The summed E-state index contributed by atoms with van der Waals surface area (Å²) in [7, 11) is 3.88. The first-order valence-corrected chi connectivity index (χ1v) is 7.06. The van der Waals surface area contributed by atoms with Crippen LogP contribution in [-0.4, -0.2) is 36.1 Å². The molecule has 1 heterocycles. The Kier molecular flexibility index (Phi) is 5.80. The number of rotatable bonds is 6. The zero-order valence-corrected chi connectivity index (χ0v) is 13.2. The minimum absolute atomic E-state index is 0.245. The summed E-state index contributed by atoms with van der Waals surface area (Å²) in [5.41, 5.74) is 1.46. The van der Waals surface area contributed by atoms with Gasteiger partial charge in [0.05, 0.1) is 7.11 Å². The Labute approximate surface area is 118 Å². The molecule has 3 nitrogen and oxygen atoms in total. The quantitative estimate of drug-likeness (QED) is 0.783. The third-order valence-corrected chi connectivity index (χ3v) is 3.80. The largest absolute Gasteiger partial charge is 0.481 e. The summed E-state index contributed by atoms with van der Waals surface area (Å²) in [6.07, 6.45) is 4.12. The van der Waals surface area contributed by atoms with E-state index in [1.807, 2.05) is 6.07 Å². The number of methoxy groups -OCH3 is 1. The monoisotopic (exact) mass is 264 g/mol. The van der Waals surface area contributed by atoms with Crippen molar-refractivity contribution in [2.75, 3.05) is 20.7 Å². The van der Waals surface area contributed by atoms with Crippen LogP contribution in [0.4, 0.5) is 0 Å². The summed E-state index contributed by atoms with van der Waals surface area (Å²) in [5, 5.41) is 0. The molecule has 0 saturated carbocycles. The van der Waals surface area contributed by atoms with Crippen LogP contribution >= 0.6 is 0 Å². The Bertz CT molecular complexity index is 385. The van der Waals surface area contributed by atoms with Gasteiger partial charge >= 0.3 is 0 Å². The van der Waals surface area contributed by atoms with Crippen molar-refractivity contribution in [2.24, 2.45) is 0 Å². The molecule has 0 unspecified atom stereocenters. The summed E-state index contributed by atoms with van der Waals surface area (Å²) in [4.78, 5) is 6.67. The van der Waals surface area contributed by atoms with Gasteiger partial charge in [-0.15, -0.1) is 0 Å². The van der Waals surface area contributed by atoms with Gasteiger partial charge in [0.2, 0.25) is 5.88 Å². The molecule has 1 aromatic rings. The topological polar surface area (TPSA) is 25.4 Å². The lowest BCUT2D eigenvalue weighted by atomic mass is 9.96. The van der Waals surface area contributed by atoms with Crippen molar-refractivity contribution in [3.8, 4) is 5.88 Å². The molecule has 0 aliphatic rings. The van der Waals surface area contributed by atoms with Gasteiger partial charge in [0.25, 0.3) is 0 Å². The molecule has 0 amide bonds. The lowest BCUT2D eigenvalue weighted by Crippen LogP contribution is -2.38. The number of hydrogen-bond donors (Lipinski definition) is 0. The lowest BCUT2D eigenvalue weighted by Gasteiger charge is -2.32. The number of ether oxygens (including phenoxy) is 1. The lowest BCUT2D eigenvalue weighted by molar-refractivity contribution is 0.171. The van der Waals surface area contributed by atoms with Gasteiger partial charge in [-0.1, -0.05) is 13.0 Å². The fraction of sp³-hybridized carbons (Fsp3) is 0.688. The predicted molar refractivity (Wildman–Crippen MR) is 80.8 cm³/mol. The second-order valence-electron chi connectivity index (χ2n) is 6.24. The smallest absolute Gasteiger partial charge is 0.216 e. The molecule has 0 N–H and O–H groups in total. The molecule has 0 aromatic carbocycles. The average Bonchev–Trinajstić information content (AvgIpc) is 2.37. The van der Waals surface area contributed by atoms with Crippen LogP contribution in [0.15, 0.2) is 18.3 Å². The van der Waals surface area contributed by atoms with Gasteiger partial charge in [0.15, 0.2) is 0 Å². The molecule has 108 valence electrons. The van der Waals surface area contributed by atoms with Crippen molar-refractivity contribution in [2.45, 2.75) is 52.0 Å². The van der Waals surface area contributed by atoms with Crippen LogP contribution in [0.5, 0.6) is 5.88 Å². The van der Waals surface area contributed by atoms with Gasteiger partial charge in [-0.05, 0) is 59.2 Å². The summed E-state index contributed by atoms with van der Waals surface area (Å²) in [5.74, 6) is 1.25. The molecule has 0 radical (unpaired) electrons. The van der Waals surface area contributed by atoms with E-state index in [9.17, 15) is 0 Å². The molecular weight excluding hydrogens is 236 g/mol. The van der Waals surface area contributed by atoms with Crippen molar-refractivity contribution in [1.82, 2.24) is 9.88 Å². The fourth-order valence-corrected chi connectivity index (χ4v) is 2.07.